The molecule has 1 aliphatic rings. The van der Waals surface area contributed by atoms with Crippen molar-refractivity contribution in [3.63, 3.8) is 0 Å². The fourth-order valence-corrected chi connectivity index (χ4v) is 3.14. The summed E-state index contributed by atoms with van der Waals surface area (Å²) >= 11 is 0. The Hall–Kier alpha value is -0.900. The Labute approximate surface area is 104 Å². The lowest BCUT2D eigenvalue weighted by Crippen LogP contribution is -2.29. The van der Waals surface area contributed by atoms with Crippen LogP contribution in [-0.2, 0) is 6.54 Å². The Morgan fingerprint density at radius 3 is 2.94 bits per heavy atom. The molecular formula is C13H24N4. The van der Waals surface area contributed by atoms with E-state index < -0.39 is 0 Å². The zero-order valence-corrected chi connectivity index (χ0v) is 11.2. The van der Waals surface area contributed by atoms with Crippen molar-refractivity contribution in [3.8, 4) is 0 Å². The smallest absolute Gasteiger partial charge is 0.0759 e. The molecule has 0 amide bonds. The number of hydrogen-bond donors (Lipinski definition) is 1. The zero-order chi connectivity index (χ0) is 12.3. The lowest BCUT2D eigenvalue weighted by molar-refractivity contribution is 0.299. The molecule has 0 spiro atoms. The Morgan fingerprint density at radius 1 is 1.53 bits per heavy atom. The highest BCUT2D eigenvalue weighted by Crippen LogP contribution is 2.39. The van der Waals surface area contributed by atoms with E-state index in [1.165, 1.54) is 25.0 Å². The highest BCUT2D eigenvalue weighted by Gasteiger charge is 2.32. The lowest BCUT2D eigenvalue weighted by Gasteiger charge is -2.26. The van der Waals surface area contributed by atoms with Gasteiger partial charge in [-0.05, 0) is 31.7 Å². The molecule has 1 aromatic rings. The fourth-order valence-electron chi connectivity index (χ4n) is 3.14. The van der Waals surface area contributed by atoms with E-state index in [0.717, 1.165) is 24.8 Å². The molecule has 3 unspecified atom stereocenters. The quantitative estimate of drug-likeness (QED) is 0.853. The van der Waals surface area contributed by atoms with Crippen LogP contribution in [0.4, 0.5) is 0 Å². The van der Waals surface area contributed by atoms with Crippen LogP contribution in [-0.4, -0.2) is 22.0 Å². The van der Waals surface area contributed by atoms with Gasteiger partial charge in [-0.25, -0.2) is 4.68 Å². The minimum atomic E-state index is 0.411. The monoisotopic (exact) mass is 236 g/mol. The van der Waals surface area contributed by atoms with Gasteiger partial charge in [0.1, 0.15) is 0 Å². The molecule has 1 N–H and O–H groups in total. The summed E-state index contributed by atoms with van der Waals surface area (Å²) in [6.45, 7) is 5.52. The van der Waals surface area contributed by atoms with Crippen molar-refractivity contribution in [2.75, 3.05) is 7.05 Å². The molecule has 2 rings (SSSR count). The topological polar surface area (TPSA) is 42.7 Å². The molecule has 1 saturated carbocycles. The second kappa shape index (κ2) is 5.63. The van der Waals surface area contributed by atoms with E-state index in [9.17, 15) is 0 Å². The molecule has 0 bridgehead atoms. The molecule has 17 heavy (non-hydrogen) atoms. The molecule has 96 valence electrons. The summed E-state index contributed by atoms with van der Waals surface area (Å²) in [4.78, 5) is 0. The van der Waals surface area contributed by atoms with Crippen LogP contribution in [0.2, 0.25) is 0 Å². The molecule has 4 nitrogen and oxygen atoms in total. The van der Waals surface area contributed by atoms with Crippen LogP contribution in [0.15, 0.2) is 6.20 Å². The molecule has 0 aliphatic heterocycles. The minimum Gasteiger partial charge on any atom is -0.311 e. The van der Waals surface area contributed by atoms with Gasteiger partial charge in [0, 0.05) is 6.54 Å². The van der Waals surface area contributed by atoms with Crippen molar-refractivity contribution in [3.05, 3.63) is 11.9 Å². The number of aryl methyl sites for hydroxylation is 1. The van der Waals surface area contributed by atoms with E-state index in [1.54, 1.807) is 0 Å². The molecule has 1 aliphatic carbocycles. The maximum absolute atomic E-state index is 4.20. The first-order chi connectivity index (χ1) is 8.27. The Kier molecular flexibility index (Phi) is 4.15. The summed E-state index contributed by atoms with van der Waals surface area (Å²) in [6.07, 6.45) is 7.08. The van der Waals surface area contributed by atoms with E-state index >= 15 is 0 Å². The number of hydrogen-bond acceptors (Lipinski definition) is 3. The van der Waals surface area contributed by atoms with Crippen LogP contribution in [0.3, 0.4) is 0 Å². The van der Waals surface area contributed by atoms with Gasteiger partial charge in [0.2, 0.25) is 0 Å². The van der Waals surface area contributed by atoms with Crippen LogP contribution in [0.5, 0.6) is 0 Å². The molecule has 3 atom stereocenters. The van der Waals surface area contributed by atoms with Gasteiger partial charge < -0.3 is 5.32 Å². The molecule has 0 radical (unpaired) electrons. The third-order valence-electron chi connectivity index (χ3n) is 4.07. The highest BCUT2D eigenvalue weighted by molar-refractivity contribution is 5.06. The van der Waals surface area contributed by atoms with E-state index in [1.807, 2.05) is 6.20 Å². The van der Waals surface area contributed by atoms with Gasteiger partial charge in [-0.15, -0.1) is 5.10 Å². The first-order valence-electron chi connectivity index (χ1n) is 6.83. The predicted octanol–water partition coefficient (Wildman–Crippen LogP) is 2.38. The summed E-state index contributed by atoms with van der Waals surface area (Å²) in [6, 6.07) is 0.411. The summed E-state index contributed by atoms with van der Waals surface area (Å²) in [5, 5.41) is 11.8. The van der Waals surface area contributed by atoms with E-state index in [-0.39, 0.29) is 0 Å². The van der Waals surface area contributed by atoms with Crippen molar-refractivity contribution in [1.82, 2.24) is 20.3 Å². The summed E-state index contributed by atoms with van der Waals surface area (Å²) in [7, 11) is 2.05. The van der Waals surface area contributed by atoms with Crippen molar-refractivity contribution in [2.24, 2.45) is 11.8 Å². The fraction of sp³-hybridized carbons (Fsp3) is 0.846. The second-order valence-electron chi connectivity index (χ2n) is 5.22. The standard InChI is InChI=1S/C13H24N4/c1-4-8-17-12(9-15-16-17)13(14-3)11-7-5-6-10(11)2/h9-11,13-14H,4-8H2,1-3H3. The number of aromatic nitrogens is 3. The molecule has 1 aromatic heterocycles. The molecule has 0 saturated heterocycles. The SMILES string of the molecule is CCCn1nncc1C(NC)C1CCCC1C. The van der Waals surface area contributed by atoms with Gasteiger partial charge >= 0.3 is 0 Å². The average Bonchev–Trinajstić information content (AvgIpc) is 2.92. The van der Waals surface area contributed by atoms with Crippen molar-refractivity contribution in [1.29, 1.82) is 0 Å². The highest BCUT2D eigenvalue weighted by atomic mass is 15.4. The summed E-state index contributed by atoms with van der Waals surface area (Å²) in [5.74, 6) is 1.53. The van der Waals surface area contributed by atoms with Crippen LogP contribution in [0.25, 0.3) is 0 Å². The molecule has 1 heterocycles. The minimum absolute atomic E-state index is 0.411. The van der Waals surface area contributed by atoms with Gasteiger partial charge in [-0.1, -0.05) is 31.9 Å². The first-order valence-corrected chi connectivity index (χ1v) is 6.83. The normalized spacial score (nSPS) is 26.3. The van der Waals surface area contributed by atoms with E-state index in [4.69, 9.17) is 0 Å². The van der Waals surface area contributed by atoms with Gasteiger partial charge in [0.15, 0.2) is 0 Å². The third-order valence-corrected chi connectivity index (χ3v) is 4.07. The van der Waals surface area contributed by atoms with Crippen LogP contribution in [0, 0.1) is 11.8 Å². The van der Waals surface area contributed by atoms with Gasteiger partial charge in [-0.2, -0.15) is 0 Å². The summed E-state index contributed by atoms with van der Waals surface area (Å²) < 4.78 is 2.06. The van der Waals surface area contributed by atoms with Crippen LogP contribution < -0.4 is 5.32 Å². The van der Waals surface area contributed by atoms with Gasteiger partial charge in [0.05, 0.1) is 17.9 Å². The maximum Gasteiger partial charge on any atom is 0.0759 e. The predicted molar refractivity (Wildman–Crippen MR) is 68.6 cm³/mol. The summed E-state index contributed by atoms with van der Waals surface area (Å²) in [5.41, 5.74) is 1.26. The van der Waals surface area contributed by atoms with Crippen molar-refractivity contribution >= 4 is 0 Å². The van der Waals surface area contributed by atoms with E-state index in [0.29, 0.717) is 6.04 Å². The van der Waals surface area contributed by atoms with Crippen LogP contribution in [0.1, 0.15) is 51.3 Å². The number of nitrogens with zero attached hydrogens (tertiary/aromatic N) is 3. The Morgan fingerprint density at radius 2 is 2.35 bits per heavy atom. The first kappa shape index (κ1) is 12.6. The molecule has 4 heteroatoms. The van der Waals surface area contributed by atoms with Gasteiger partial charge in [-0.3, -0.25) is 0 Å². The van der Waals surface area contributed by atoms with Gasteiger partial charge in [0.25, 0.3) is 0 Å². The molecule has 1 fully saturated rings. The number of rotatable bonds is 5. The van der Waals surface area contributed by atoms with E-state index in [2.05, 4.69) is 41.2 Å². The second-order valence-corrected chi connectivity index (χ2v) is 5.22. The van der Waals surface area contributed by atoms with Crippen molar-refractivity contribution in [2.45, 2.75) is 52.1 Å². The van der Waals surface area contributed by atoms with Crippen LogP contribution >= 0.6 is 0 Å². The maximum atomic E-state index is 4.20. The zero-order valence-electron chi connectivity index (χ0n) is 11.2. The Bertz CT molecular complexity index is 347. The third kappa shape index (κ3) is 2.51. The molecule has 0 aromatic carbocycles. The lowest BCUT2D eigenvalue weighted by atomic mass is 9.88. The Balaban J connectivity index is 2.19. The van der Waals surface area contributed by atoms with Crippen molar-refractivity contribution < 1.29 is 0 Å². The largest absolute Gasteiger partial charge is 0.311 e. The number of nitrogens with one attached hydrogen (secondary N) is 1. The average molecular weight is 236 g/mol. The molecular weight excluding hydrogens is 212 g/mol.